The Kier molecular flexibility index (Phi) is 4.92. The smallest absolute Gasteiger partial charge is 0.224 e. The molecule has 0 aliphatic carbocycles. The van der Waals surface area contributed by atoms with Crippen LogP contribution in [-0.2, 0) is 17.8 Å². The zero-order valence-corrected chi connectivity index (χ0v) is 12.6. The minimum Gasteiger partial charge on any atom is -0.325 e. The molecule has 1 amide bonds. The molecule has 0 spiro atoms. The van der Waals surface area contributed by atoms with E-state index in [0.29, 0.717) is 28.3 Å². The number of benzene rings is 1. The molecular weight excluding hydrogens is 296 g/mol. The minimum atomic E-state index is -0.102. The van der Waals surface area contributed by atoms with Crippen LogP contribution in [0.4, 0.5) is 5.69 Å². The van der Waals surface area contributed by atoms with Gasteiger partial charge >= 0.3 is 0 Å². The number of anilines is 1. The number of halogens is 1. The third-order valence-electron chi connectivity index (χ3n) is 2.88. The quantitative estimate of drug-likeness (QED) is 0.834. The fraction of sp³-hybridized carbons (Fsp3) is 0.308. The fourth-order valence-electron chi connectivity index (χ4n) is 1.87. The van der Waals surface area contributed by atoms with Crippen molar-refractivity contribution in [3.8, 4) is 0 Å². The summed E-state index contributed by atoms with van der Waals surface area (Å²) in [5.74, 6) is 0.682. The molecule has 2 N–H and O–H groups in total. The third kappa shape index (κ3) is 3.46. The number of H-pyrrole nitrogens is 1. The van der Waals surface area contributed by atoms with Gasteiger partial charge in [0.25, 0.3) is 0 Å². The number of para-hydroxylation sites is 1. The molecule has 0 aliphatic heterocycles. The van der Waals surface area contributed by atoms with Crippen molar-refractivity contribution in [3.05, 3.63) is 39.9 Å². The van der Waals surface area contributed by atoms with Gasteiger partial charge in [-0.15, -0.1) is 0 Å². The standard InChI is InChI=1S/C13H15ClN4OS/c1-2-18-11(16-17-13(18)20)7-8-12(19)15-10-6-4-3-5-9(10)14/h3-6H,2,7-8H2,1H3,(H,15,19)(H,17,20). The van der Waals surface area contributed by atoms with Gasteiger partial charge in [0.05, 0.1) is 10.7 Å². The number of aryl methyl sites for hydroxylation is 1. The Morgan fingerprint density at radius 2 is 2.25 bits per heavy atom. The van der Waals surface area contributed by atoms with Gasteiger partial charge < -0.3 is 9.88 Å². The molecule has 0 bridgehead atoms. The summed E-state index contributed by atoms with van der Waals surface area (Å²) < 4.78 is 2.45. The molecule has 7 heteroatoms. The summed E-state index contributed by atoms with van der Waals surface area (Å²) in [6, 6.07) is 7.14. The Balaban J connectivity index is 1.96. The van der Waals surface area contributed by atoms with Gasteiger partial charge in [-0.3, -0.25) is 9.89 Å². The Bertz CT molecular complexity index is 664. The van der Waals surface area contributed by atoms with Gasteiger partial charge in [-0.1, -0.05) is 23.7 Å². The number of nitrogens with one attached hydrogen (secondary N) is 2. The Labute approximate surface area is 127 Å². The molecule has 1 aromatic carbocycles. The summed E-state index contributed by atoms with van der Waals surface area (Å²) in [4.78, 5) is 11.9. The van der Waals surface area contributed by atoms with Crippen molar-refractivity contribution in [2.75, 3.05) is 5.32 Å². The van der Waals surface area contributed by atoms with E-state index in [2.05, 4.69) is 15.5 Å². The van der Waals surface area contributed by atoms with Crippen LogP contribution in [-0.4, -0.2) is 20.7 Å². The highest BCUT2D eigenvalue weighted by atomic mass is 35.5. The van der Waals surface area contributed by atoms with Gasteiger partial charge in [-0.2, -0.15) is 5.10 Å². The molecule has 20 heavy (non-hydrogen) atoms. The summed E-state index contributed by atoms with van der Waals surface area (Å²) in [6.45, 7) is 2.72. The zero-order valence-electron chi connectivity index (χ0n) is 11.0. The van der Waals surface area contributed by atoms with Crippen LogP contribution in [0.5, 0.6) is 0 Å². The first kappa shape index (κ1) is 14.7. The van der Waals surface area contributed by atoms with E-state index in [1.165, 1.54) is 0 Å². The van der Waals surface area contributed by atoms with E-state index in [4.69, 9.17) is 23.8 Å². The zero-order chi connectivity index (χ0) is 14.5. The summed E-state index contributed by atoms with van der Waals surface area (Å²) in [7, 11) is 0. The first-order valence-electron chi connectivity index (χ1n) is 6.30. The maximum atomic E-state index is 11.9. The van der Waals surface area contributed by atoms with Crippen LogP contribution in [0.2, 0.25) is 5.02 Å². The van der Waals surface area contributed by atoms with Crippen molar-refractivity contribution in [3.63, 3.8) is 0 Å². The maximum Gasteiger partial charge on any atom is 0.224 e. The van der Waals surface area contributed by atoms with Crippen LogP contribution in [0, 0.1) is 4.77 Å². The van der Waals surface area contributed by atoms with Crippen molar-refractivity contribution in [1.29, 1.82) is 0 Å². The number of amides is 1. The number of aromatic nitrogens is 3. The predicted octanol–water partition coefficient (Wildman–Crippen LogP) is 3.19. The van der Waals surface area contributed by atoms with Crippen molar-refractivity contribution in [1.82, 2.24) is 14.8 Å². The van der Waals surface area contributed by atoms with Crippen molar-refractivity contribution in [2.45, 2.75) is 26.3 Å². The molecule has 5 nitrogen and oxygen atoms in total. The lowest BCUT2D eigenvalue weighted by Gasteiger charge is -2.07. The molecule has 2 rings (SSSR count). The van der Waals surface area contributed by atoms with Crippen molar-refractivity contribution in [2.24, 2.45) is 0 Å². The second-order valence-corrected chi connectivity index (χ2v) is 5.01. The van der Waals surface area contributed by atoms with Crippen LogP contribution >= 0.6 is 23.8 Å². The van der Waals surface area contributed by atoms with E-state index < -0.39 is 0 Å². The lowest BCUT2D eigenvalue weighted by Crippen LogP contribution is -2.14. The molecular formula is C13H15ClN4OS. The van der Waals surface area contributed by atoms with Gasteiger partial charge in [0.1, 0.15) is 5.82 Å². The van der Waals surface area contributed by atoms with Crippen LogP contribution in [0.1, 0.15) is 19.2 Å². The van der Waals surface area contributed by atoms with Crippen LogP contribution in [0.15, 0.2) is 24.3 Å². The molecule has 0 fully saturated rings. The molecule has 0 aliphatic rings. The SMILES string of the molecule is CCn1c(CCC(=O)Nc2ccccc2Cl)n[nH]c1=S. The van der Waals surface area contributed by atoms with Crippen LogP contribution < -0.4 is 5.32 Å². The summed E-state index contributed by atoms with van der Waals surface area (Å²) in [6.07, 6.45) is 0.849. The van der Waals surface area contributed by atoms with E-state index in [1.54, 1.807) is 12.1 Å². The number of hydrogen-bond donors (Lipinski definition) is 2. The van der Waals surface area contributed by atoms with E-state index in [9.17, 15) is 4.79 Å². The number of hydrogen-bond acceptors (Lipinski definition) is 3. The lowest BCUT2D eigenvalue weighted by atomic mass is 10.2. The van der Waals surface area contributed by atoms with E-state index in [1.807, 2.05) is 23.6 Å². The first-order chi connectivity index (χ1) is 9.61. The highest BCUT2D eigenvalue weighted by molar-refractivity contribution is 7.71. The summed E-state index contributed by atoms with van der Waals surface area (Å²) in [5.41, 5.74) is 0.619. The molecule has 1 heterocycles. The summed E-state index contributed by atoms with van der Waals surface area (Å²) >= 11 is 11.1. The average Bonchev–Trinajstić information content (AvgIpc) is 2.79. The van der Waals surface area contributed by atoms with Crippen molar-refractivity contribution < 1.29 is 4.79 Å². The summed E-state index contributed by atoms with van der Waals surface area (Å²) in [5, 5.41) is 10.2. The number of rotatable bonds is 5. The molecule has 106 valence electrons. The van der Waals surface area contributed by atoms with E-state index in [-0.39, 0.29) is 5.91 Å². The van der Waals surface area contributed by atoms with Gasteiger partial charge in [0, 0.05) is 19.4 Å². The normalized spacial score (nSPS) is 10.5. The molecule has 0 atom stereocenters. The van der Waals surface area contributed by atoms with Crippen LogP contribution in [0.3, 0.4) is 0 Å². The first-order valence-corrected chi connectivity index (χ1v) is 7.09. The maximum absolute atomic E-state index is 11.9. The van der Waals surface area contributed by atoms with Gasteiger partial charge in [0.15, 0.2) is 4.77 Å². The van der Waals surface area contributed by atoms with Gasteiger partial charge in [0.2, 0.25) is 5.91 Å². The molecule has 1 aromatic heterocycles. The Hall–Kier alpha value is -1.66. The van der Waals surface area contributed by atoms with Gasteiger partial charge in [-0.25, -0.2) is 0 Å². The molecule has 0 radical (unpaired) electrons. The third-order valence-corrected chi connectivity index (χ3v) is 3.52. The molecule has 2 aromatic rings. The number of carbonyl (C=O) groups is 1. The monoisotopic (exact) mass is 310 g/mol. The van der Waals surface area contributed by atoms with E-state index in [0.717, 1.165) is 12.4 Å². The molecule has 0 saturated carbocycles. The van der Waals surface area contributed by atoms with Crippen molar-refractivity contribution >= 4 is 35.4 Å². The molecule has 0 unspecified atom stereocenters. The van der Waals surface area contributed by atoms with Gasteiger partial charge in [-0.05, 0) is 31.3 Å². The lowest BCUT2D eigenvalue weighted by molar-refractivity contribution is -0.116. The number of aromatic amines is 1. The number of nitrogens with zero attached hydrogens (tertiary/aromatic N) is 2. The Morgan fingerprint density at radius 3 is 2.95 bits per heavy atom. The predicted molar refractivity (Wildman–Crippen MR) is 81.5 cm³/mol. The minimum absolute atomic E-state index is 0.102. The highest BCUT2D eigenvalue weighted by Crippen LogP contribution is 2.20. The molecule has 0 saturated heterocycles. The second kappa shape index (κ2) is 6.67. The number of carbonyl (C=O) groups excluding carboxylic acids is 1. The van der Waals surface area contributed by atoms with Crippen LogP contribution in [0.25, 0.3) is 0 Å². The topological polar surface area (TPSA) is 62.7 Å². The van der Waals surface area contributed by atoms with E-state index >= 15 is 0 Å². The Morgan fingerprint density at radius 1 is 1.50 bits per heavy atom. The second-order valence-electron chi connectivity index (χ2n) is 4.22. The largest absolute Gasteiger partial charge is 0.325 e. The average molecular weight is 311 g/mol. The highest BCUT2D eigenvalue weighted by Gasteiger charge is 2.09. The fourth-order valence-corrected chi connectivity index (χ4v) is 2.33.